The van der Waals surface area contributed by atoms with Crippen LogP contribution in [0.3, 0.4) is 0 Å². The Balaban J connectivity index is 1.45. The van der Waals surface area contributed by atoms with Gasteiger partial charge in [-0.2, -0.15) is 10.5 Å². The monoisotopic (exact) mass is 690 g/mol. The van der Waals surface area contributed by atoms with E-state index < -0.39 is 35.6 Å². The van der Waals surface area contributed by atoms with Gasteiger partial charge in [0.15, 0.2) is 5.83 Å². The van der Waals surface area contributed by atoms with Crippen LogP contribution >= 0.6 is 23.2 Å². The van der Waals surface area contributed by atoms with Crippen molar-refractivity contribution < 1.29 is 18.3 Å². The van der Waals surface area contributed by atoms with Crippen molar-refractivity contribution in [1.82, 2.24) is 14.7 Å². The molecule has 1 amide bonds. The summed E-state index contributed by atoms with van der Waals surface area (Å²) in [5.74, 6) is -2.53. The first-order valence-corrected chi connectivity index (χ1v) is 16.6. The van der Waals surface area contributed by atoms with Crippen molar-refractivity contribution in [3.63, 3.8) is 0 Å². The molecule has 2 aromatic rings. The number of piperazine rings is 1. The first-order valence-electron chi connectivity index (χ1n) is 15.9. The largest absolute Gasteiger partial charge is 0.476 e. The van der Waals surface area contributed by atoms with E-state index >= 15 is 0 Å². The smallest absolute Gasteiger partial charge is 0.282 e. The third kappa shape index (κ3) is 6.33. The molecule has 6 rings (SSSR count). The number of allylic oxidation sites excluding steroid dienone is 2. The number of amides is 1. The van der Waals surface area contributed by atoms with Crippen molar-refractivity contribution in [3.05, 3.63) is 87.6 Å². The van der Waals surface area contributed by atoms with Crippen LogP contribution in [0.25, 0.3) is 16.3 Å². The second kappa shape index (κ2) is 14.1. The minimum absolute atomic E-state index is 0.00147. The van der Waals surface area contributed by atoms with E-state index in [9.17, 15) is 24.1 Å². The normalized spacial score (nSPS) is 24.4. The lowest BCUT2D eigenvalue weighted by Gasteiger charge is -2.46. The lowest BCUT2D eigenvalue weighted by atomic mass is 9.81. The molecule has 2 saturated heterocycles. The molecule has 2 aromatic carbocycles. The summed E-state index contributed by atoms with van der Waals surface area (Å²) in [6.45, 7) is 5.20. The van der Waals surface area contributed by atoms with Crippen molar-refractivity contribution in [1.29, 1.82) is 10.5 Å². The second-order valence-electron chi connectivity index (χ2n) is 12.5. The Morgan fingerprint density at radius 3 is 2.65 bits per heavy atom. The molecule has 4 aliphatic rings. The molecule has 0 spiro atoms. The summed E-state index contributed by atoms with van der Waals surface area (Å²) >= 11 is 13.6. The van der Waals surface area contributed by atoms with E-state index in [-0.39, 0.29) is 37.0 Å². The van der Waals surface area contributed by atoms with E-state index in [1.807, 2.05) is 35.3 Å². The molecule has 0 bridgehead atoms. The number of hydrogen-bond donors (Lipinski definition) is 0. The molecular formula is C36H34Cl2F2N6O2. The molecule has 8 nitrogen and oxygen atoms in total. The lowest BCUT2D eigenvalue weighted by Crippen LogP contribution is -2.56. The zero-order chi connectivity index (χ0) is 34.1. The van der Waals surface area contributed by atoms with Crippen molar-refractivity contribution >= 4 is 51.4 Å². The van der Waals surface area contributed by atoms with Crippen molar-refractivity contribution in [2.75, 3.05) is 39.8 Å². The number of ether oxygens (including phenoxy) is 1. The average molecular weight is 692 g/mol. The van der Waals surface area contributed by atoms with Crippen LogP contribution < -0.4 is 0 Å². The number of nitriles is 2. The van der Waals surface area contributed by atoms with Crippen LogP contribution in [0.4, 0.5) is 8.78 Å². The Hall–Kier alpha value is -4.22. The summed E-state index contributed by atoms with van der Waals surface area (Å²) in [6, 6.07) is 12.0. The van der Waals surface area contributed by atoms with Crippen LogP contribution in [-0.2, 0) is 9.53 Å². The van der Waals surface area contributed by atoms with E-state index in [1.54, 1.807) is 6.07 Å². The Morgan fingerprint density at radius 1 is 1.12 bits per heavy atom. The number of likely N-dealkylation sites (N-methyl/N-ethyl adjacent to an activating group) is 1. The molecule has 2 fully saturated rings. The van der Waals surface area contributed by atoms with Gasteiger partial charge in [-0.3, -0.25) is 4.79 Å². The SMILES string of the molecule is C=C(F)C(=O)N1CCN(C2=C(CC#N)C(OC[C@@H]3CCCN3C)=NC3C=C(c4cccc5ccc(F)c(Cl)c45)C(Cl)=CC23)C[C@@H]1CC#N. The molecule has 4 atom stereocenters. The molecule has 48 heavy (non-hydrogen) atoms. The van der Waals surface area contributed by atoms with Crippen LogP contribution in [0, 0.1) is 34.4 Å². The first kappa shape index (κ1) is 33.7. The van der Waals surface area contributed by atoms with E-state index in [2.05, 4.69) is 30.7 Å². The van der Waals surface area contributed by atoms with Crippen LogP contribution in [0.5, 0.6) is 0 Å². The summed E-state index contributed by atoms with van der Waals surface area (Å²) in [5.41, 5.74) is 2.66. The van der Waals surface area contributed by atoms with Crippen LogP contribution in [0.2, 0.25) is 5.02 Å². The molecule has 1 aliphatic carbocycles. The fourth-order valence-electron chi connectivity index (χ4n) is 7.25. The molecule has 0 N–H and O–H groups in total. The predicted molar refractivity (Wildman–Crippen MR) is 182 cm³/mol. The number of carbonyl (C=O) groups is 1. The Kier molecular flexibility index (Phi) is 9.89. The van der Waals surface area contributed by atoms with Crippen LogP contribution in [-0.4, -0.2) is 84.5 Å². The Morgan fingerprint density at radius 2 is 1.94 bits per heavy atom. The standard InChI is InChI=1S/C36H34Cl2F2N6O2/c1-21(39)36(47)46-16-15-45(19-23(46)10-12-41)34-26(11-13-42)35(48-20-24-6-4-14-44(24)2)43-31-18-27(29(37)17-28(31)34)25-7-3-5-22-8-9-30(40)33(38)32(22)25/h3,5,7-9,17-18,23-24,28,31H,1,4,6,10-11,14-16,19-20H2,2H3/t23-,24-,28?,31?/m0/s1. The minimum atomic E-state index is -1.08. The van der Waals surface area contributed by atoms with Gasteiger partial charge >= 0.3 is 0 Å². The molecule has 0 aromatic heterocycles. The maximum absolute atomic E-state index is 14.7. The second-order valence-corrected chi connectivity index (χ2v) is 13.2. The summed E-state index contributed by atoms with van der Waals surface area (Å²) in [7, 11) is 2.06. The molecular weight excluding hydrogens is 657 g/mol. The summed E-state index contributed by atoms with van der Waals surface area (Å²) < 4.78 is 35.1. The highest BCUT2D eigenvalue weighted by Gasteiger charge is 2.41. The number of carbonyl (C=O) groups excluding carboxylic acids is 1. The fourth-order valence-corrected chi connectivity index (χ4v) is 7.82. The third-order valence-electron chi connectivity index (χ3n) is 9.65. The Bertz CT molecular complexity index is 1880. The van der Waals surface area contributed by atoms with Gasteiger partial charge in [-0.05, 0) is 55.1 Å². The number of fused-ring (bicyclic) bond motifs is 2. The molecule has 12 heteroatoms. The van der Waals surface area contributed by atoms with Gasteiger partial charge < -0.3 is 19.4 Å². The van der Waals surface area contributed by atoms with Gasteiger partial charge in [0.25, 0.3) is 5.91 Å². The Labute approximate surface area is 288 Å². The van der Waals surface area contributed by atoms with E-state index in [0.717, 1.165) is 30.5 Å². The van der Waals surface area contributed by atoms with Gasteiger partial charge in [-0.25, -0.2) is 13.8 Å². The molecule has 248 valence electrons. The quantitative estimate of drug-likeness (QED) is 0.299. The molecule has 3 heterocycles. The zero-order valence-electron chi connectivity index (χ0n) is 26.4. The summed E-state index contributed by atoms with van der Waals surface area (Å²) in [4.78, 5) is 23.4. The number of rotatable bonds is 7. The molecule has 0 saturated carbocycles. The van der Waals surface area contributed by atoms with Crippen molar-refractivity contribution in [3.8, 4) is 12.1 Å². The van der Waals surface area contributed by atoms with Gasteiger partial charge in [0.2, 0.25) is 5.90 Å². The first-order chi connectivity index (χ1) is 23.1. The number of halogens is 4. The highest BCUT2D eigenvalue weighted by atomic mass is 35.5. The zero-order valence-corrected chi connectivity index (χ0v) is 27.9. The maximum Gasteiger partial charge on any atom is 0.282 e. The number of nitrogens with zero attached hydrogens (tertiary/aromatic N) is 6. The van der Waals surface area contributed by atoms with Gasteiger partial charge in [-0.1, -0.05) is 60.1 Å². The third-order valence-corrected chi connectivity index (χ3v) is 10.3. The fraction of sp³-hybridized carbons (Fsp3) is 0.389. The van der Waals surface area contributed by atoms with Gasteiger partial charge in [0.1, 0.15) is 12.4 Å². The number of dihydropyridines is 1. The van der Waals surface area contributed by atoms with Crippen LogP contribution in [0.15, 0.2) is 76.2 Å². The number of likely N-dealkylation sites (tertiary alicyclic amines) is 1. The molecule has 2 unspecified atom stereocenters. The number of hydrogen-bond acceptors (Lipinski definition) is 7. The molecule has 0 radical (unpaired) electrons. The van der Waals surface area contributed by atoms with Crippen molar-refractivity contribution in [2.45, 2.75) is 43.8 Å². The number of benzene rings is 2. The lowest BCUT2D eigenvalue weighted by molar-refractivity contribution is -0.133. The minimum Gasteiger partial charge on any atom is -0.476 e. The van der Waals surface area contributed by atoms with Crippen LogP contribution in [0.1, 0.15) is 31.2 Å². The predicted octanol–water partition coefficient (Wildman–Crippen LogP) is 6.74. The van der Waals surface area contributed by atoms with Crippen molar-refractivity contribution in [2.24, 2.45) is 10.9 Å². The van der Waals surface area contributed by atoms with Gasteiger partial charge in [0, 0.05) is 53.3 Å². The highest BCUT2D eigenvalue weighted by Crippen LogP contribution is 2.45. The number of aliphatic imine (C=N–C) groups is 1. The van der Waals surface area contributed by atoms with E-state index in [1.165, 1.54) is 11.0 Å². The topological polar surface area (TPSA) is 96.0 Å². The van der Waals surface area contributed by atoms with E-state index in [4.69, 9.17) is 32.9 Å². The van der Waals surface area contributed by atoms with Gasteiger partial charge in [-0.15, -0.1) is 0 Å². The molecule has 3 aliphatic heterocycles. The van der Waals surface area contributed by atoms with Gasteiger partial charge in [0.05, 0.1) is 42.1 Å². The average Bonchev–Trinajstić information content (AvgIpc) is 3.49. The maximum atomic E-state index is 14.7. The highest BCUT2D eigenvalue weighted by molar-refractivity contribution is 6.40. The summed E-state index contributed by atoms with van der Waals surface area (Å²) in [5, 5.41) is 21.3. The van der Waals surface area contributed by atoms with E-state index in [0.29, 0.717) is 46.2 Å². The summed E-state index contributed by atoms with van der Waals surface area (Å²) in [6.07, 6.45) is 5.83.